The van der Waals surface area contributed by atoms with E-state index >= 15 is 0 Å². The molecule has 5 atom stereocenters. The lowest BCUT2D eigenvalue weighted by atomic mass is 10.0. The van der Waals surface area contributed by atoms with E-state index in [1.54, 1.807) is 0 Å². The monoisotopic (exact) mass is 460 g/mol. The Hall–Kier alpha value is -3.26. The summed E-state index contributed by atoms with van der Waals surface area (Å²) in [7, 11) is 0. The Labute approximate surface area is 184 Å². The zero-order valence-electron chi connectivity index (χ0n) is 18.2. The predicted molar refractivity (Wildman–Crippen MR) is 110 cm³/mol. The number of carboxylic acid groups (broad SMARTS) is 1. The fraction of sp³-hybridized carbons (Fsp3) is 0.667. The Morgan fingerprint density at radius 3 is 1.66 bits per heavy atom. The molecule has 14 heteroatoms. The minimum absolute atomic E-state index is 0.0841. The van der Waals surface area contributed by atoms with Crippen LogP contribution in [0, 0.1) is 5.92 Å². The van der Waals surface area contributed by atoms with Gasteiger partial charge in [0.05, 0.1) is 25.0 Å². The van der Waals surface area contributed by atoms with E-state index in [1.165, 1.54) is 6.92 Å². The van der Waals surface area contributed by atoms with E-state index in [-0.39, 0.29) is 5.92 Å². The van der Waals surface area contributed by atoms with Crippen molar-refractivity contribution in [3.05, 3.63) is 0 Å². The summed E-state index contributed by atoms with van der Waals surface area (Å²) in [6, 6.07) is -5.87. The van der Waals surface area contributed by atoms with Gasteiger partial charge in [-0.25, -0.2) is 4.79 Å². The van der Waals surface area contributed by atoms with E-state index in [2.05, 4.69) is 10.6 Å². The first-order valence-corrected chi connectivity index (χ1v) is 9.79. The zero-order valence-corrected chi connectivity index (χ0v) is 18.2. The van der Waals surface area contributed by atoms with Gasteiger partial charge in [0.2, 0.25) is 29.5 Å². The van der Waals surface area contributed by atoms with Crippen LogP contribution in [-0.2, 0) is 28.8 Å². The number of aliphatic hydroxyl groups excluding tert-OH is 1. The summed E-state index contributed by atoms with van der Waals surface area (Å²) in [6.45, 7) is 4.87. The van der Waals surface area contributed by atoms with Gasteiger partial charge in [-0.3, -0.25) is 24.0 Å². The molecule has 0 spiro atoms. The number of rotatable bonds is 14. The predicted octanol–water partition coefficient (Wildman–Crippen LogP) is -3.97. The van der Waals surface area contributed by atoms with Crippen LogP contribution >= 0.6 is 0 Å². The Morgan fingerprint density at radius 1 is 0.781 bits per heavy atom. The molecule has 0 bridgehead atoms. The number of hydrogen-bond donors (Lipinski definition) is 8. The van der Waals surface area contributed by atoms with Gasteiger partial charge in [0.25, 0.3) is 0 Å². The maximum atomic E-state index is 12.6. The van der Waals surface area contributed by atoms with Crippen molar-refractivity contribution in [2.24, 2.45) is 23.1 Å². The van der Waals surface area contributed by atoms with E-state index in [1.807, 2.05) is 19.2 Å². The third kappa shape index (κ3) is 10.7. The van der Waals surface area contributed by atoms with Crippen molar-refractivity contribution < 1.29 is 39.0 Å². The van der Waals surface area contributed by atoms with Gasteiger partial charge in [-0.05, 0) is 19.3 Å². The van der Waals surface area contributed by atoms with Crippen LogP contribution in [0.1, 0.15) is 40.0 Å². The van der Waals surface area contributed by atoms with Gasteiger partial charge in [0.1, 0.15) is 18.1 Å². The lowest BCUT2D eigenvalue weighted by Crippen LogP contribution is -2.60. The van der Waals surface area contributed by atoms with Crippen molar-refractivity contribution in [1.29, 1.82) is 0 Å². The highest BCUT2D eigenvalue weighted by atomic mass is 16.4. The molecule has 0 radical (unpaired) electrons. The van der Waals surface area contributed by atoms with E-state index in [0.29, 0.717) is 6.42 Å². The molecule has 0 rings (SSSR count). The topological polar surface area (TPSA) is 257 Å². The van der Waals surface area contributed by atoms with Crippen molar-refractivity contribution in [3.63, 3.8) is 0 Å². The molecular formula is C18H32N6O8. The number of aliphatic hydroxyl groups is 1. The largest absolute Gasteiger partial charge is 0.480 e. The molecule has 0 fully saturated rings. The number of carbonyl (C=O) groups excluding carboxylic acids is 5. The quantitative estimate of drug-likeness (QED) is 0.125. The molecule has 5 unspecified atom stereocenters. The fourth-order valence-corrected chi connectivity index (χ4v) is 2.63. The van der Waals surface area contributed by atoms with E-state index < -0.39 is 78.6 Å². The minimum atomic E-state index is -1.71. The summed E-state index contributed by atoms with van der Waals surface area (Å²) < 4.78 is 0. The van der Waals surface area contributed by atoms with Crippen LogP contribution in [0.2, 0.25) is 0 Å². The number of hydrogen-bond acceptors (Lipinski definition) is 8. The zero-order chi connectivity index (χ0) is 25.2. The highest BCUT2D eigenvalue weighted by molar-refractivity contribution is 5.96. The molecule has 0 aromatic carbocycles. The van der Waals surface area contributed by atoms with E-state index in [4.69, 9.17) is 22.3 Å². The van der Waals surface area contributed by atoms with E-state index in [0.717, 1.165) is 0 Å². The van der Waals surface area contributed by atoms with Crippen LogP contribution in [0.25, 0.3) is 0 Å². The SMILES string of the molecule is CC(C)CC(N)C(=O)NC(C(=O)NC(CC(N)=O)C(=O)NC(CC(N)=O)C(=O)O)C(C)O. The average molecular weight is 460 g/mol. The standard InChI is InChI=1S/C18H32N6O8/c1-7(2)4-9(19)15(28)24-14(8(3)25)17(30)22-10(5-12(20)26)16(29)23-11(18(31)32)6-13(21)27/h7-11,14,25H,4-6,19H2,1-3H3,(H2,20,26)(H2,21,27)(H,22,30)(H,23,29)(H,24,28)(H,31,32). The summed E-state index contributed by atoms with van der Waals surface area (Å²) in [5.41, 5.74) is 15.8. The van der Waals surface area contributed by atoms with Gasteiger partial charge in [0.15, 0.2) is 0 Å². The van der Waals surface area contributed by atoms with Crippen LogP contribution in [-0.4, -0.2) is 76.0 Å². The fourth-order valence-electron chi connectivity index (χ4n) is 2.63. The highest BCUT2D eigenvalue weighted by Gasteiger charge is 2.33. The van der Waals surface area contributed by atoms with Crippen LogP contribution in [0.5, 0.6) is 0 Å². The Balaban J connectivity index is 5.47. The molecular weight excluding hydrogens is 428 g/mol. The highest BCUT2D eigenvalue weighted by Crippen LogP contribution is 2.05. The second-order valence-corrected chi connectivity index (χ2v) is 7.76. The van der Waals surface area contributed by atoms with Gasteiger partial charge in [0, 0.05) is 0 Å². The van der Waals surface area contributed by atoms with Crippen molar-refractivity contribution >= 4 is 35.5 Å². The van der Waals surface area contributed by atoms with Crippen molar-refractivity contribution in [3.8, 4) is 0 Å². The second-order valence-electron chi connectivity index (χ2n) is 7.76. The molecule has 0 saturated heterocycles. The van der Waals surface area contributed by atoms with Crippen LogP contribution in [0.3, 0.4) is 0 Å². The number of amides is 5. The lowest BCUT2D eigenvalue weighted by Gasteiger charge is -2.26. The van der Waals surface area contributed by atoms with Gasteiger partial charge in [-0.1, -0.05) is 13.8 Å². The summed E-state index contributed by atoms with van der Waals surface area (Å²) in [5.74, 6) is -6.42. The second kappa shape index (κ2) is 13.2. The minimum Gasteiger partial charge on any atom is -0.480 e. The van der Waals surface area contributed by atoms with Crippen LogP contribution in [0.15, 0.2) is 0 Å². The van der Waals surface area contributed by atoms with E-state index in [9.17, 15) is 33.9 Å². The molecule has 0 aliphatic heterocycles. The molecule has 14 nitrogen and oxygen atoms in total. The Morgan fingerprint density at radius 2 is 1.25 bits per heavy atom. The van der Waals surface area contributed by atoms with Crippen molar-refractivity contribution in [2.45, 2.75) is 70.3 Å². The number of carboxylic acids is 1. The maximum Gasteiger partial charge on any atom is 0.326 e. The average Bonchev–Trinajstić information content (AvgIpc) is 2.62. The van der Waals surface area contributed by atoms with Gasteiger partial charge in [-0.15, -0.1) is 0 Å². The first-order valence-electron chi connectivity index (χ1n) is 9.79. The molecule has 0 aromatic rings. The van der Waals surface area contributed by atoms with Crippen molar-refractivity contribution in [2.75, 3.05) is 0 Å². The Kier molecular flexibility index (Phi) is 11.9. The molecule has 5 amide bonds. The Bertz CT molecular complexity index is 726. The molecule has 0 aliphatic carbocycles. The van der Waals surface area contributed by atoms with Gasteiger partial charge < -0.3 is 43.4 Å². The number of aliphatic carboxylic acids is 1. The van der Waals surface area contributed by atoms with Crippen molar-refractivity contribution in [1.82, 2.24) is 16.0 Å². The molecule has 0 heterocycles. The maximum absolute atomic E-state index is 12.6. The first-order chi connectivity index (χ1) is 14.6. The van der Waals surface area contributed by atoms with Gasteiger partial charge >= 0.3 is 5.97 Å². The van der Waals surface area contributed by atoms with Crippen LogP contribution in [0.4, 0.5) is 0 Å². The molecule has 182 valence electrons. The summed E-state index contributed by atoms with van der Waals surface area (Å²) in [5, 5.41) is 25.4. The number of carbonyl (C=O) groups is 6. The first kappa shape index (κ1) is 28.7. The van der Waals surface area contributed by atoms with Gasteiger partial charge in [-0.2, -0.15) is 0 Å². The normalized spacial score (nSPS) is 15.6. The number of primary amides is 2. The third-order valence-electron chi connectivity index (χ3n) is 4.18. The molecule has 0 saturated carbocycles. The smallest absolute Gasteiger partial charge is 0.326 e. The molecule has 11 N–H and O–H groups in total. The summed E-state index contributed by atoms with van der Waals surface area (Å²) in [6.07, 6.45) is -2.57. The third-order valence-corrected chi connectivity index (χ3v) is 4.18. The summed E-state index contributed by atoms with van der Waals surface area (Å²) in [4.78, 5) is 70.8. The van der Waals surface area contributed by atoms with Crippen LogP contribution < -0.4 is 33.2 Å². The summed E-state index contributed by atoms with van der Waals surface area (Å²) >= 11 is 0. The number of nitrogens with one attached hydrogen (secondary N) is 3. The molecule has 32 heavy (non-hydrogen) atoms. The lowest BCUT2D eigenvalue weighted by molar-refractivity contribution is -0.144. The number of nitrogens with two attached hydrogens (primary N) is 3. The molecule has 0 aliphatic rings. The molecule has 0 aromatic heterocycles.